The first-order valence-electron chi connectivity index (χ1n) is 4.13. The molecule has 14 heavy (non-hydrogen) atoms. The molecule has 0 bridgehead atoms. The van der Waals surface area contributed by atoms with E-state index in [1.54, 1.807) is 7.05 Å². The second-order valence-corrected chi connectivity index (χ2v) is 3.74. The summed E-state index contributed by atoms with van der Waals surface area (Å²) in [6, 6.07) is -0.516. The Morgan fingerprint density at radius 1 is 1.71 bits per heavy atom. The van der Waals surface area contributed by atoms with E-state index in [0.717, 1.165) is 5.75 Å². The predicted octanol–water partition coefficient (Wildman–Crippen LogP) is -1.12. The molecule has 0 radical (unpaired) electrons. The molecule has 7 heteroatoms. The maximum Gasteiger partial charge on any atom is 0.321 e. The van der Waals surface area contributed by atoms with E-state index in [1.165, 1.54) is 11.8 Å². The topological polar surface area (TPSA) is 111 Å². The molecule has 82 valence electrons. The van der Waals surface area contributed by atoms with Crippen molar-refractivity contribution in [1.29, 1.82) is 5.41 Å². The highest BCUT2D eigenvalue weighted by atomic mass is 32.2. The molecule has 0 spiro atoms. The Hall–Kier alpha value is -0.950. The Morgan fingerprint density at radius 3 is 2.79 bits per heavy atom. The first kappa shape index (κ1) is 13.1. The summed E-state index contributed by atoms with van der Waals surface area (Å²) in [5, 5.41) is 20.9. The van der Waals surface area contributed by atoms with Gasteiger partial charge in [-0.15, -0.1) is 0 Å². The Bertz CT molecular complexity index is 200. The van der Waals surface area contributed by atoms with Crippen LogP contribution in [0.1, 0.15) is 0 Å². The molecule has 0 aromatic rings. The molecule has 0 saturated carbocycles. The molecule has 1 unspecified atom stereocenters. The van der Waals surface area contributed by atoms with Gasteiger partial charge in [-0.1, -0.05) is 0 Å². The molecule has 0 saturated heterocycles. The number of likely N-dealkylation sites (N-methyl/N-ethyl adjacent to an activating group) is 1. The van der Waals surface area contributed by atoms with Crippen molar-refractivity contribution in [2.45, 2.75) is 6.04 Å². The molecule has 0 aromatic carbocycles. The number of carboxylic acid groups (broad SMARTS) is 1. The molecule has 0 fully saturated rings. The zero-order chi connectivity index (χ0) is 11.0. The largest absolute Gasteiger partial charge is 0.480 e. The quantitative estimate of drug-likeness (QED) is 0.211. The van der Waals surface area contributed by atoms with Crippen LogP contribution >= 0.6 is 11.8 Å². The third-order valence-corrected chi connectivity index (χ3v) is 2.55. The fraction of sp³-hybridized carbons (Fsp3) is 0.714. The van der Waals surface area contributed by atoms with Gasteiger partial charge < -0.3 is 21.5 Å². The molecule has 1 atom stereocenters. The lowest BCUT2D eigenvalue weighted by atomic mass is 10.3. The summed E-state index contributed by atoms with van der Waals surface area (Å²) in [6.07, 6.45) is 0. The van der Waals surface area contributed by atoms with Gasteiger partial charge in [-0.3, -0.25) is 10.2 Å². The molecular weight excluding hydrogens is 204 g/mol. The van der Waals surface area contributed by atoms with Crippen LogP contribution in [0, 0.1) is 5.41 Å². The maximum absolute atomic E-state index is 10.6. The molecule has 0 aliphatic rings. The second-order valence-electron chi connectivity index (χ2n) is 2.59. The first-order chi connectivity index (χ1) is 6.57. The van der Waals surface area contributed by atoms with Gasteiger partial charge in [-0.25, -0.2) is 0 Å². The Labute approximate surface area is 87.1 Å². The minimum atomic E-state index is -0.848. The van der Waals surface area contributed by atoms with Crippen molar-refractivity contribution < 1.29 is 9.90 Å². The number of guanidine groups is 1. The van der Waals surface area contributed by atoms with E-state index in [1.807, 2.05) is 0 Å². The smallest absolute Gasteiger partial charge is 0.321 e. The lowest BCUT2D eigenvalue weighted by molar-refractivity contribution is -0.138. The van der Waals surface area contributed by atoms with Gasteiger partial charge in [-0.2, -0.15) is 11.8 Å². The number of carboxylic acids is 1. The van der Waals surface area contributed by atoms with Crippen molar-refractivity contribution in [3.05, 3.63) is 0 Å². The van der Waals surface area contributed by atoms with E-state index in [0.29, 0.717) is 12.3 Å². The lowest BCUT2D eigenvalue weighted by Gasteiger charge is -2.10. The Kier molecular flexibility index (Phi) is 6.95. The number of rotatable bonds is 7. The summed E-state index contributed by atoms with van der Waals surface area (Å²) >= 11 is 1.50. The summed E-state index contributed by atoms with van der Waals surface area (Å²) in [4.78, 5) is 10.6. The van der Waals surface area contributed by atoms with Crippen molar-refractivity contribution in [3.8, 4) is 0 Å². The minimum absolute atomic E-state index is 0.0611. The van der Waals surface area contributed by atoms with Crippen molar-refractivity contribution >= 4 is 23.7 Å². The number of carbonyl (C=O) groups is 1. The number of hydrogen-bond donors (Lipinski definition) is 5. The monoisotopic (exact) mass is 220 g/mol. The predicted molar refractivity (Wildman–Crippen MR) is 57.7 cm³/mol. The normalized spacial score (nSPS) is 12.1. The van der Waals surface area contributed by atoms with Crippen LogP contribution in [0.15, 0.2) is 0 Å². The van der Waals surface area contributed by atoms with Gasteiger partial charge in [0, 0.05) is 18.1 Å². The highest BCUT2D eigenvalue weighted by Gasteiger charge is 2.13. The van der Waals surface area contributed by atoms with Gasteiger partial charge in [0.2, 0.25) is 0 Å². The van der Waals surface area contributed by atoms with Crippen molar-refractivity contribution in [2.24, 2.45) is 5.73 Å². The summed E-state index contributed by atoms with van der Waals surface area (Å²) in [5.41, 5.74) is 5.07. The standard InChI is InChI=1S/C7H16N4O2S/c1-10-5(6(12)13)4-14-3-2-11-7(8)9/h5,10H,2-4H2,1H3,(H,12,13)(H4,8,9,11). The van der Waals surface area contributed by atoms with Crippen LogP contribution in [0.25, 0.3) is 0 Å². The van der Waals surface area contributed by atoms with Crippen LogP contribution < -0.4 is 16.4 Å². The Balaban J connectivity index is 3.42. The number of aliphatic carboxylic acids is 1. The third kappa shape index (κ3) is 6.55. The third-order valence-electron chi connectivity index (χ3n) is 1.49. The maximum atomic E-state index is 10.6. The van der Waals surface area contributed by atoms with E-state index in [4.69, 9.17) is 16.2 Å². The minimum Gasteiger partial charge on any atom is -0.480 e. The van der Waals surface area contributed by atoms with Gasteiger partial charge in [0.1, 0.15) is 6.04 Å². The van der Waals surface area contributed by atoms with Gasteiger partial charge >= 0.3 is 5.97 Å². The van der Waals surface area contributed by atoms with Crippen molar-refractivity contribution in [2.75, 3.05) is 25.1 Å². The lowest BCUT2D eigenvalue weighted by Crippen LogP contribution is -2.36. The first-order valence-corrected chi connectivity index (χ1v) is 5.29. The van der Waals surface area contributed by atoms with Crippen LogP contribution in [-0.4, -0.2) is 48.2 Å². The summed E-state index contributed by atoms with van der Waals surface area (Å²) < 4.78 is 0. The molecule has 0 aliphatic heterocycles. The number of nitrogens with two attached hydrogens (primary N) is 1. The van der Waals surface area contributed by atoms with E-state index in [9.17, 15) is 4.79 Å². The second kappa shape index (κ2) is 7.45. The van der Waals surface area contributed by atoms with Crippen molar-refractivity contribution in [1.82, 2.24) is 10.6 Å². The number of nitrogens with one attached hydrogen (secondary N) is 3. The molecular formula is C7H16N4O2S. The van der Waals surface area contributed by atoms with Crippen LogP contribution in [-0.2, 0) is 4.79 Å². The Morgan fingerprint density at radius 2 is 2.36 bits per heavy atom. The van der Waals surface area contributed by atoms with Gasteiger partial charge in [0.15, 0.2) is 5.96 Å². The number of hydrogen-bond acceptors (Lipinski definition) is 4. The summed E-state index contributed by atoms with van der Waals surface area (Å²) in [5.74, 6) is 0.324. The SMILES string of the molecule is CNC(CSCCNC(=N)N)C(=O)O. The van der Waals surface area contributed by atoms with E-state index >= 15 is 0 Å². The van der Waals surface area contributed by atoms with Crippen LogP contribution in [0.2, 0.25) is 0 Å². The van der Waals surface area contributed by atoms with Gasteiger partial charge in [0.05, 0.1) is 0 Å². The summed E-state index contributed by atoms with van der Waals surface area (Å²) in [7, 11) is 1.62. The van der Waals surface area contributed by atoms with Crippen LogP contribution in [0.4, 0.5) is 0 Å². The fourth-order valence-electron chi connectivity index (χ4n) is 0.737. The highest BCUT2D eigenvalue weighted by molar-refractivity contribution is 7.99. The van der Waals surface area contributed by atoms with E-state index in [2.05, 4.69) is 10.6 Å². The molecule has 0 rings (SSSR count). The zero-order valence-corrected chi connectivity index (χ0v) is 8.86. The molecule has 0 aromatic heterocycles. The molecule has 6 N–H and O–H groups in total. The average molecular weight is 220 g/mol. The molecule has 0 aliphatic carbocycles. The average Bonchev–Trinajstić information content (AvgIpc) is 2.10. The van der Waals surface area contributed by atoms with Crippen molar-refractivity contribution in [3.63, 3.8) is 0 Å². The van der Waals surface area contributed by atoms with E-state index < -0.39 is 12.0 Å². The van der Waals surface area contributed by atoms with Gasteiger partial charge in [-0.05, 0) is 7.05 Å². The molecule has 0 heterocycles. The van der Waals surface area contributed by atoms with Crippen LogP contribution in [0.3, 0.4) is 0 Å². The van der Waals surface area contributed by atoms with E-state index in [-0.39, 0.29) is 5.96 Å². The molecule has 6 nitrogen and oxygen atoms in total. The summed E-state index contributed by atoms with van der Waals surface area (Å²) in [6.45, 7) is 0.579. The molecule has 0 amide bonds. The number of thioether (sulfide) groups is 1. The highest BCUT2D eigenvalue weighted by Crippen LogP contribution is 2.01. The van der Waals surface area contributed by atoms with Crippen LogP contribution in [0.5, 0.6) is 0 Å². The fourth-order valence-corrected chi connectivity index (χ4v) is 1.70. The zero-order valence-electron chi connectivity index (χ0n) is 8.04. The van der Waals surface area contributed by atoms with Gasteiger partial charge in [0.25, 0.3) is 0 Å².